The number of benzene rings is 2. The van der Waals surface area contributed by atoms with Crippen LogP contribution in [0.3, 0.4) is 0 Å². The van der Waals surface area contributed by atoms with Crippen LogP contribution in [0.25, 0.3) is 17.0 Å². The van der Waals surface area contributed by atoms with E-state index in [1.807, 2.05) is 28.8 Å². The van der Waals surface area contributed by atoms with E-state index in [-0.39, 0.29) is 13.2 Å². The molecule has 0 radical (unpaired) electrons. The molecule has 0 bridgehead atoms. The molecule has 0 aliphatic carbocycles. The smallest absolute Gasteiger partial charge is 0.235 e. The van der Waals surface area contributed by atoms with E-state index in [1.54, 1.807) is 24.4 Å². The molecule has 170 valence electrons. The first-order valence-electron chi connectivity index (χ1n) is 10.2. The molecular formula is C24H23N3O6. The zero-order valence-electron chi connectivity index (χ0n) is 18.2. The highest BCUT2D eigenvalue weighted by Gasteiger charge is 2.51. The summed E-state index contributed by atoms with van der Waals surface area (Å²) in [6.45, 7) is 0.121. The fraction of sp³-hybridized carbons (Fsp3) is 0.292. The molecule has 2 heterocycles. The van der Waals surface area contributed by atoms with E-state index < -0.39 is 22.7 Å². The molecule has 9 nitrogen and oxygen atoms in total. The van der Waals surface area contributed by atoms with Crippen molar-refractivity contribution in [2.45, 2.75) is 17.7 Å². The molecular weight excluding hydrogens is 426 g/mol. The zero-order chi connectivity index (χ0) is 23.6. The lowest BCUT2D eigenvalue weighted by molar-refractivity contribution is -0.400. The first-order chi connectivity index (χ1) is 15.9. The minimum absolute atomic E-state index is 0.0607. The van der Waals surface area contributed by atoms with E-state index in [4.69, 9.17) is 14.2 Å². The maximum absolute atomic E-state index is 11.7. The minimum atomic E-state index is -1.21. The Morgan fingerprint density at radius 2 is 2.00 bits per heavy atom. The highest BCUT2D eigenvalue weighted by atomic mass is 16.6. The van der Waals surface area contributed by atoms with Crippen molar-refractivity contribution in [3.63, 3.8) is 0 Å². The third-order valence-corrected chi connectivity index (χ3v) is 5.83. The third kappa shape index (κ3) is 3.96. The number of nitriles is 1. The van der Waals surface area contributed by atoms with Crippen LogP contribution in [-0.2, 0) is 9.47 Å². The molecule has 1 N–H and O–H groups in total. The van der Waals surface area contributed by atoms with Crippen molar-refractivity contribution in [3.8, 4) is 11.8 Å². The van der Waals surface area contributed by atoms with Crippen LogP contribution in [0, 0.1) is 21.4 Å². The van der Waals surface area contributed by atoms with Crippen molar-refractivity contribution in [2.24, 2.45) is 0 Å². The number of fused-ring (bicyclic) bond motifs is 2. The average molecular weight is 449 g/mol. The van der Waals surface area contributed by atoms with Crippen LogP contribution in [0.15, 0.2) is 54.9 Å². The van der Waals surface area contributed by atoms with Gasteiger partial charge in [0, 0.05) is 48.5 Å². The molecule has 9 heteroatoms. The molecule has 1 aromatic heterocycles. The van der Waals surface area contributed by atoms with Crippen molar-refractivity contribution in [3.05, 3.63) is 81.7 Å². The average Bonchev–Trinajstić information content (AvgIpc) is 3.17. The lowest BCUT2D eigenvalue weighted by atomic mass is 9.84. The Labute approximate surface area is 190 Å². The summed E-state index contributed by atoms with van der Waals surface area (Å²) in [5.41, 5.74) is 1.23. The highest BCUT2D eigenvalue weighted by molar-refractivity contribution is 5.89. The number of methoxy groups -OCH3 is 2. The molecule has 1 aliphatic rings. The summed E-state index contributed by atoms with van der Waals surface area (Å²) < 4.78 is 18.9. The number of aliphatic hydroxyl groups is 1. The monoisotopic (exact) mass is 449 g/mol. The first kappa shape index (κ1) is 22.5. The van der Waals surface area contributed by atoms with Crippen LogP contribution in [0.1, 0.15) is 22.7 Å². The fourth-order valence-corrected chi connectivity index (χ4v) is 4.48. The van der Waals surface area contributed by atoms with Gasteiger partial charge in [-0.1, -0.05) is 18.2 Å². The van der Waals surface area contributed by atoms with Crippen molar-refractivity contribution in [2.75, 3.05) is 27.4 Å². The maximum atomic E-state index is 11.7. The highest BCUT2D eigenvalue weighted by Crippen LogP contribution is 2.44. The normalized spacial score (nSPS) is 19.2. The largest absolute Gasteiger partial charge is 0.479 e. The van der Waals surface area contributed by atoms with Crippen LogP contribution in [0.5, 0.6) is 5.75 Å². The van der Waals surface area contributed by atoms with Crippen molar-refractivity contribution in [1.29, 1.82) is 5.26 Å². The summed E-state index contributed by atoms with van der Waals surface area (Å²) in [5, 5.41) is 32.9. The number of hydrogen-bond donors (Lipinski definition) is 1. The van der Waals surface area contributed by atoms with E-state index in [2.05, 4.69) is 6.07 Å². The number of hydrogen-bond acceptors (Lipinski definition) is 7. The van der Waals surface area contributed by atoms with Crippen molar-refractivity contribution < 1.29 is 24.2 Å². The Hall–Kier alpha value is -3.71. The molecule has 4 rings (SSSR count). The summed E-state index contributed by atoms with van der Waals surface area (Å²) in [5.74, 6) is 0.499. The number of aromatic nitrogens is 1. The van der Waals surface area contributed by atoms with Crippen LogP contribution in [0.4, 0.5) is 0 Å². The van der Waals surface area contributed by atoms with E-state index in [0.29, 0.717) is 22.4 Å². The summed E-state index contributed by atoms with van der Waals surface area (Å²) in [7, 11) is 3.03. The molecule has 0 amide bonds. The second kappa shape index (κ2) is 9.03. The molecule has 2 atom stereocenters. The Morgan fingerprint density at radius 3 is 2.67 bits per heavy atom. The second-order valence-corrected chi connectivity index (χ2v) is 7.90. The fourth-order valence-electron chi connectivity index (χ4n) is 4.48. The van der Waals surface area contributed by atoms with E-state index in [9.17, 15) is 20.5 Å². The predicted molar refractivity (Wildman–Crippen MR) is 120 cm³/mol. The predicted octanol–water partition coefficient (Wildman–Crippen LogP) is 3.13. The van der Waals surface area contributed by atoms with Crippen LogP contribution in [-0.4, -0.2) is 53.7 Å². The molecule has 1 aliphatic heterocycles. The zero-order valence-corrected chi connectivity index (χ0v) is 18.2. The molecule has 0 fully saturated rings. The number of rotatable bonds is 7. The molecule has 0 spiro atoms. The van der Waals surface area contributed by atoms with Gasteiger partial charge in [-0.05, 0) is 24.3 Å². The SMILES string of the molecule is COCC1(COC)Oc2ccc(C#N)cc2[C@@H](n2cc(/C=C/[N+](=O)[O-])c3ccccc32)[C@@H]1O. The molecule has 0 saturated carbocycles. The van der Waals surface area contributed by atoms with Crippen molar-refractivity contribution >= 4 is 17.0 Å². The number of nitro groups is 1. The molecule has 0 unspecified atom stereocenters. The van der Waals surface area contributed by atoms with Crippen LogP contribution < -0.4 is 4.74 Å². The van der Waals surface area contributed by atoms with Crippen molar-refractivity contribution in [1.82, 2.24) is 4.57 Å². The van der Waals surface area contributed by atoms with Crippen LogP contribution in [0.2, 0.25) is 0 Å². The Balaban J connectivity index is 1.98. The standard InChI is InChI=1S/C24H23N3O6/c1-31-14-24(15-32-2)23(28)22(19-11-16(12-25)7-8-21(19)33-24)26-13-17(9-10-27(29)30)18-5-3-4-6-20(18)26/h3-11,13,22-23,28H,14-15H2,1-2H3/b10-9+/t22-,23+/m1/s1. The number of aliphatic hydroxyl groups excluding tert-OH is 1. The summed E-state index contributed by atoms with van der Waals surface area (Å²) >= 11 is 0. The van der Waals surface area contributed by atoms with Gasteiger partial charge in [0.1, 0.15) is 11.9 Å². The van der Waals surface area contributed by atoms with E-state index >= 15 is 0 Å². The topological polar surface area (TPSA) is 120 Å². The first-order valence-corrected chi connectivity index (χ1v) is 10.2. The second-order valence-electron chi connectivity index (χ2n) is 7.90. The van der Waals surface area contributed by atoms with Gasteiger partial charge in [0.25, 0.3) is 0 Å². The van der Waals surface area contributed by atoms with Gasteiger partial charge in [0.2, 0.25) is 6.20 Å². The quantitative estimate of drug-likeness (QED) is 0.435. The van der Waals surface area contributed by atoms with Gasteiger partial charge < -0.3 is 23.9 Å². The third-order valence-electron chi connectivity index (χ3n) is 5.83. The Bertz CT molecular complexity index is 1250. The Morgan fingerprint density at radius 1 is 1.27 bits per heavy atom. The molecule has 3 aromatic rings. The van der Waals surface area contributed by atoms with Gasteiger partial charge >= 0.3 is 0 Å². The summed E-state index contributed by atoms with van der Waals surface area (Å²) in [6, 6.07) is 13.9. The lowest BCUT2D eigenvalue weighted by Gasteiger charge is -2.46. The molecule has 33 heavy (non-hydrogen) atoms. The lowest BCUT2D eigenvalue weighted by Crippen LogP contribution is -2.60. The van der Waals surface area contributed by atoms with Gasteiger partial charge in [-0.3, -0.25) is 10.1 Å². The van der Waals surface area contributed by atoms with Gasteiger partial charge in [0.15, 0.2) is 5.60 Å². The van der Waals surface area contributed by atoms with Gasteiger partial charge in [-0.2, -0.15) is 5.26 Å². The number of para-hydroxylation sites is 1. The number of nitrogens with zero attached hydrogens (tertiary/aromatic N) is 3. The molecule has 2 aromatic carbocycles. The van der Waals surface area contributed by atoms with E-state index in [1.165, 1.54) is 20.3 Å². The number of ether oxygens (including phenoxy) is 3. The van der Waals surface area contributed by atoms with Gasteiger partial charge in [0.05, 0.1) is 35.8 Å². The Kier molecular flexibility index (Phi) is 6.16. The molecule has 0 saturated heterocycles. The van der Waals surface area contributed by atoms with Gasteiger partial charge in [-0.25, -0.2) is 0 Å². The maximum Gasteiger partial charge on any atom is 0.235 e. The van der Waals surface area contributed by atoms with E-state index in [0.717, 1.165) is 17.1 Å². The van der Waals surface area contributed by atoms with Gasteiger partial charge in [-0.15, -0.1) is 0 Å². The van der Waals surface area contributed by atoms with Crippen LogP contribution >= 0.6 is 0 Å². The summed E-state index contributed by atoms with van der Waals surface area (Å²) in [4.78, 5) is 10.4. The minimum Gasteiger partial charge on any atom is -0.479 e. The summed E-state index contributed by atoms with van der Waals surface area (Å²) in [6.07, 6.45) is 2.95.